The minimum Gasteiger partial charge on any atom is -0.292 e. The third kappa shape index (κ3) is 3.39. The van der Waals surface area contributed by atoms with Crippen LogP contribution in [0.3, 0.4) is 0 Å². The molecular weight excluding hydrogens is 225 g/mol. The SMILES string of the molecule is CN(Cc1ccccc1)C(P)c1ccccc1. The van der Waals surface area contributed by atoms with Gasteiger partial charge < -0.3 is 0 Å². The molecule has 0 bridgehead atoms. The van der Waals surface area contributed by atoms with Gasteiger partial charge in [0.05, 0.1) is 0 Å². The molecule has 88 valence electrons. The summed E-state index contributed by atoms with van der Waals surface area (Å²) in [6, 6.07) is 21.1. The zero-order chi connectivity index (χ0) is 12.1. The first kappa shape index (κ1) is 12.3. The first-order chi connectivity index (χ1) is 8.27. The highest BCUT2D eigenvalue weighted by molar-refractivity contribution is 7.17. The van der Waals surface area contributed by atoms with Gasteiger partial charge in [-0.1, -0.05) is 60.7 Å². The highest BCUT2D eigenvalue weighted by atomic mass is 31.0. The Hall–Kier alpha value is -1.17. The summed E-state index contributed by atoms with van der Waals surface area (Å²) in [4.78, 5) is 2.33. The lowest BCUT2D eigenvalue weighted by atomic mass is 10.2. The molecular formula is C15H18NP. The molecule has 2 aromatic carbocycles. The molecule has 0 saturated carbocycles. The lowest BCUT2D eigenvalue weighted by Gasteiger charge is -2.24. The molecule has 0 fully saturated rings. The summed E-state index contributed by atoms with van der Waals surface area (Å²) in [6.07, 6.45) is 0. The van der Waals surface area contributed by atoms with Crippen molar-refractivity contribution in [3.8, 4) is 0 Å². The van der Waals surface area contributed by atoms with Crippen LogP contribution in [0.15, 0.2) is 60.7 Å². The van der Waals surface area contributed by atoms with Crippen molar-refractivity contribution in [2.75, 3.05) is 7.05 Å². The standard InChI is InChI=1S/C15H18NP/c1-16(12-13-8-4-2-5-9-13)15(17)14-10-6-3-7-11-14/h2-11,15H,12,17H2,1H3. The molecule has 0 heterocycles. The second-order valence-electron chi connectivity index (χ2n) is 4.26. The summed E-state index contributed by atoms with van der Waals surface area (Å²) in [5, 5.41) is 0. The Morgan fingerprint density at radius 3 is 2.06 bits per heavy atom. The summed E-state index contributed by atoms with van der Waals surface area (Å²) in [7, 11) is 5.06. The van der Waals surface area contributed by atoms with Crippen LogP contribution in [0.5, 0.6) is 0 Å². The van der Waals surface area contributed by atoms with E-state index in [1.54, 1.807) is 0 Å². The summed E-state index contributed by atoms with van der Waals surface area (Å²) < 4.78 is 0. The highest BCUT2D eigenvalue weighted by Gasteiger charge is 2.11. The van der Waals surface area contributed by atoms with E-state index in [1.807, 2.05) is 0 Å². The third-order valence-corrected chi connectivity index (χ3v) is 3.78. The predicted octanol–water partition coefficient (Wildman–Crippen LogP) is 3.69. The average Bonchev–Trinajstić information content (AvgIpc) is 2.40. The van der Waals surface area contributed by atoms with Gasteiger partial charge in [-0.05, 0) is 18.2 Å². The molecule has 0 radical (unpaired) electrons. The van der Waals surface area contributed by atoms with E-state index in [4.69, 9.17) is 0 Å². The van der Waals surface area contributed by atoms with Gasteiger partial charge in [0.25, 0.3) is 0 Å². The van der Waals surface area contributed by atoms with Gasteiger partial charge in [0.1, 0.15) is 0 Å². The molecule has 0 amide bonds. The van der Waals surface area contributed by atoms with Gasteiger partial charge in [-0.25, -0.2) is 0 Å². The Morgan fingerprint density at radius 2 is 1.47 bits per heavy atom. The fourth-order valence-corrected chi connectivity index (χ4v) is 2.20. The smallest absolute Gasteiger partial charge is 0.0489 e. The summed E-state index contributed by atoms with van der Waals surface area (Å²) >= 11 is 0. The van der Waals surface area contributed by atoms with Crippen molar-refractivity contribution in [1.29, 1.82) is 0 Å². The third-order valence-electron chi connectivity index (χ3n) is 2.89. The molecule has 17 heavy (non-hydrogen) atoms. The van der Waals surface area contributed by atoms with Crippen LogP contribution >= 0.6 is 9.24 Å². The van der Waals surface area contributed by atoms with Crippen LogP contribution < -0.4 is 0 Å². The van der Waals surface area contributed by atoms with Gasteiger partial charge in [0.15, 0.2) is 0 Å². The molecule has 2 heteroatoms. The van der Waals surface area contributed by atoms with Gasteiger partial charge in [0, 0.05) is 12.3 Å². The normalized spacial score (nSPS) is 12.6. The molecule has 0 aliphatic heterocycles. The molecule has 2 atom stereocenters. The van der Waals surface area contributed by atoms with E-state index < -0.39 is 0 Å². The second kappa shape index (κ2) is 5.95. The Kier molecular flexibility index (Phi) is 4.30. The van der Waals surface area contributed by atoms with Gasteiger partial charge in [0.2, 0.25) is 0 Å². The Morgan fingerprint density at radius 1 is 0.941 bits per heavy atom. The lowest BCUT2D eigenvalue weighted by molar-refractivity contribution is 0.309. The number of nitrogens with zero attached hydrogens (tertiary/aromatic N) is 1. The number of hydrogen-bond donors (Lipinski definition) is 0. The van der Waals surface area contributed by atoms with Crippen LogP contribution in [0, 0.1) is 0 Å². The first-order valence-electron chi connectivity index (χ1n) is 5.82. The van der Waals surface area contributed by atoms with Gasteiger partial charge >= 0.3 is 0 Å². The van der Waals surface area contributed by atoms with Crippen molar-refractivity contribution in [2.45, 2.75) is 12.3 Å². The molecule has 0 aliphatic carbocycles. The van der Waals surface area contributed by atoms with E-state index in [0.717, 1.165) is 6.54 Å². The predicted molar refractivity (Wildman–Crippen MR) is 76.8 cm³/mol. The Balaban J connectivity index is 2.03. The van der Waals surface area contributed by atoms with E-state index in [1.165, 1.54) is 11.1 Å². The molecule has 2 rings (SSSR count). The number of benzene rings is 2. The fourth-order valence-electron chi connectivity index (χ4n) is 1.87. The lowest BCUT2D eigenvalue weighted by Crippen LogP contribution is -2.19. The largest absolute Gasteiger partial charge is 0.292 e. The Labute approximate surface area is 106 Å². The quantitative estimate of drug-likeness (QED) is 0.740. The van der Waals surface area contributed by atoms with Crippen LogP contribution in [-0.4, -0.2) is 11.9 Å². The molecule has 2 unspecified atom stereocenters. The number of rotatable bonds is 4. The molecule has 0 spiro atoms. The van der Waals surface area contributed by atoms with Crippen LogP contribution in [0.2, 0.25) is 0 Å². The van der Waals surface area contributed by atoms with Gasteiger partial charge in [-0.15, -0.1) is 9.24 Å². The van der Waals surface area contributed by atoms with Crippen molar-refractivity contribution < 1.29 is 0 Å². The van der Waals surface area contributed by atoms with E-state index in [2.05, 4.69) is 81.9 Å². The molecule has 0 aliphatic rings. The highest BCUT2D eigenvalue weighted by Crippen LogP contribution is 2.26. The maximum absolute atomic E-state index is 2.91. The van der Waals surface area contributed by atoms with Crippen LogP contribution in [-0.2, 0) is 6.54 Å². The summed E-state index contributed by atoms with van der Waals surface area (Å²) in [5.74, 6) is 0.358. The van der Waals surface area contributed by atoms with Crippen LogP contribution in [0.25, 0.3) is 0 Å². The average molecular weight is 243 g/mol. The van der Waals surface area contributed by atoms with Gasteiger partial charge in [-0.2, -0.15) is 0 Å². The summed E-state index contributed by atoms with van der Waals surface area (Å²) in [5.41, 5.74) is 2.68. The minimum atomic E-state index is 0.358. The fraction of sp³-hybridized carbons (Fsp3) is 0.200. The van der Waals surface area contributed by atoms with E-state index in [0.29, 0.717) is 5.78 Å². The molecule has 0 aromatic heterocycles. The maximum Gasteiger partial charge on any atom is 0.0489 e. The van der Waals surface area contributed by atoms with E-state index in [-0.39, 0.29) is 0 Å². The first-order valence-corrected chi connectivity index (χ1v) is 6.49. The topological polar surface area (TPSA) is 3.24 Å². The molecule has 1 nitrogen and oxygen atoms in total. The molecule has 0 saturated heterocycles. The molecule has 2 aromatic rings. The van der Waals surface area contributed by atoms with Crippen molar-refractivity contribution in [2.24, 2.45) is 0 Å². The monoisotopic (exact) mass is 243 g/mol. The molecule has 0 N–H and O–H groups in total. The maximum atomic E-state index is 2.91. The van der Waals surface area contributed by atoms with Crippen molar-refractivity contribution in [3.05, 3.63) is 71.8 Å². The second-order valence-corrected chi connectivity index (χ2v) is 4.89. The zero-order valence-electron chi connectivity index (χ0n) is 10.1. The van der Waals surface area contributed by atoms with Crippen LogP contribution in [0.1, 0.15) is 16.9 Å². The van der Waals surface area contributed by atoms with Crippen molar-refractivity contribution in [3.63, 3.8) is 0 Å². The van der Waals surface area contributed by atoms with Gasteiger partial charge in [-0.3, -0.25) is 4.90 Å². The van der Waals surface area contributed by atoms with E-state index in [9.17, 15) is 0 Å². The van der Waals surface area contributed by atoms with E-state index >= 15 is 0 Å². The van der Waals surface area contributed by atoms with Crippen LogP contribution in [0.4, 0.5) is 0 Å². The minimum absolute atomic E-state index is 0.358. The Bertz CT molecular complexity index is 441. The van der Waals surface area contributed by atoms with Crippen molar-refractivity contribution in [1.82, 2.24) is 4.90 Å². The summed E-state index contributed by atoms with van der Waals surface area (Å²) in [6.45, 7) is 0.962. The van der Waals surface area contributed by atoms with Crippen molar-refractivity contribution >= 4 is 9.24 Å². The number of hydrogen-bond acceptors (Lipinski definition) is 1. The zero-order valence-corrected chi connectivity index (χ0v) is 11.2.